The fourth-order valence-corrected chi connectivity index (χ4v) is 2.17. The number of hydrogen-bond donors (Lipinski definition) is 2. The summed E-state index contributed by atoms with van der Waals surface area (Å²) in [6.45, 7) is 1.70. The van der Waals surface area contributed by atoms with Crippen LogP contribution >= 0.6 is 0 Å². The van der Waals surface area contributed by atoms with Gasteiger partial charge in [-0.25, -0.2) is 0 Å². The van der Waals surface area contributed by atoms with Crippen molar-refractivity contribution < 1.29 is 14.4 Å². The summed E-state index contributed by atoms with van der Waals surface area (Å²) in [6.07, 6.45) is 0. The van der Waals surface area contributed by atoms with E-state index in [-0.39, 0.29) is 11.7 Å². The zero-order valence-corrected chi connectivity index (χ0v) is 11.9. The van der Waals surface area contributed by atoms with Gasteiger partial charge in [0.1, 0.15) is 22.8 Å². The Hall–Kier alpha value is -3.08. The first-order chi connectivity index (χ1) is 10.6. The van der Waals surface area contributed by atoms with Gasteiger partial charge in [-0.2, -0.15) is 0 Å². The number of aromatic nitrogens is 1. The lowest BCUT2D eigenvalue weighted by atomic mass is 10.1. The number of nitrogens with zero attached hydrogens (tertiary/aromatic N) is 1. The number of phenolic OH excluding ortho intramolecular Hbond substituents is 1. The van der Waals surface area contributed by atoms with Crippen LogP contribution in [0.1, 0.15) is 16.1 Å². The Labute approximate surface area is 127 Å². The van der Waals surface area contributed by atoms with E-state index in [1.807, 2.05) is 30.3 Å². The number of carbonyl (C=O) groups is 1. The highest BCUT2D eigenvalue weighted by Crippen LogP contribution is 2.26. The number of amides is 1. The lowest BCUT2D eigenvalue weighted by molar-refractivity contribution is 0.102. The summed E-state index contributed by atoms with van der Waals surface area (Å²) in [7, 11) is 0. The summed E-state index contributed by atoms with van der Waals surface area (Å²) in [5.41, 5.74) is 2.31. The Balaban J connectivity index is 1.93. The molecule has 2 aromatic carbocycles. The van der Waals surface area contributed by atoms with E-state index in [2.05, 4.69) is 10.5 Å². The van der Waals surface area contributed by atoms with Crippen LogP contribution in [0.3, 0.4) is 0 Å². The Morgan fingerprint density at radius 3 is 2.45 bits per heavy atom. The standard InChI is InChI=1S/C17H14N2O3/c1-11-15(16(19-22-11)12-5-3-2-4-6-12)17(21)18-13-7-9-14(20)10-8-13/h2-10,20H,1H3,(H,18,21). The SMILES string of the molecule is Cc1onc(-c2ccccc2)c1C(=O)Nc1ccc(O)cc1. The Bertz CT molecular complexity index is 793. The highest BCUT2D eigenvalue weighted by molar-refractivity contribution is 6.08. The van der Waals surface area contributed by atoms with E-state index in [1.165, 1.54) is 12.1 Å². The van der Waals surface area contributed by atoms with E-state index in [9.17, 15) is 9.90 Å². The molecule has 0 radical (unpaired) electrons. The monoisotopic (exact) mass is 294 g/mol. The Morgan fingerprint density at radius 1 is 1.09 bits per heavy atom. The van der Waals surface area contributed by atoms with Crippen LogP contribution in [0, 0.1) is 6.92 Å². The summed E-state index contributed by atoms with van der Waals surface area (Å²) < 4.78 is 5.18. The van der Waals surface area contributed by atoms with Gasteiger partial charge in [0.25, 0.3) is 5.91 Å². The number of nitrogens with one attached hydrogen (secondary N) is 1. The van der Waals surface area contributed by atoms with Crippen molar-refractivity contribution in [2.75, 3.05) is 5.32 Å². The van der Waals surface area contributed by atoms with Gasteiger partial charge in [0.05, 0.1) is 0 Å². The van der Waals surface area contributed by atoms with Gasteiger partial charge in [0.15, 0.2) is 0 Å². The maximum atomic E-state index is 12.5. The molecule has 5 nitrogen and oxygen atoms in total. The molecule has 0 saturated heterocycles. The highest BCUT2D eigenvalue weighted by atomic mass is 16.5. The molecule has 0 fully saturated rings. The van der Waals surface area contributed by atoms with Crippen molar-refractivity contribution in [3.8, 4) is 17.0 Å². The third-order valence-electron chi connectivity index (χ3n) is 3.26. The molecule has 3 rings (SSSR count). The molecule has 0 unspecified atom stereocenters. The summed E-state index contributed by atoms with van der Waals surface area (Å²) in [5.74, 6) is 0.294. The minimum absolute atomic E-state index is 0.143. The average Bonchev–Trinajstić information content (AvgIpc) is 2.92. The van der Waals surface area contributed by atoms with E-state index in [1.54, 1.807) is 19.1 Å². The second kappa shape index (κ2) is 5.73. The van der Waals surface area contributed by atoms with Gasteiger partial charge in [-0.3, -0.25) is 4.79 Å². The fourth-order valence-electron chi connectivity index (χ4n) is 2.17. The van der Waals surface area contributed by atoms with Crippen LogP contribution in [0.5, 0.6) is 5.75 Å². The summed E-state index contributed by atoms with van der Waals surface area (Å²) in [4.78, 5) is 12.5. The summed E-state index contributed by atoms with van der Waals surface area (Å²) in [6, 6.07) is 15.6. The largest absolute Gasteiger partial charge is 0.508 e. The second-order valence-corrected chi connectivity index (χ2v) is 4.83. The van der Waals surface area contributed by atoms with Gasteiger partial charge in [0, 0.05) is 11.3 Å². The van der Waals surface area contributed by atoms with E-state index in [4.69, 9.17) is 4.52 Å². The van der Waals surface area contributed by atoms with E-state index >= 15 is 0 Å². The van der Waals surface area contributed by atoms with Crippen LogP contribution in [0.2, 0.25) is 0 Å². The normalized spacial score (nSPS) is 10.4. The van der Waals surface area contributed by atoms with Crippen LogP contribution in [0.25, 0.3) is 11.3 Å². The molecule has 2 N–H and O–H groups in total. The molecule has 1 aromatic heterocycles. The number of phenols is 1. The first-order valence-electron chi connectivity index (χ1n) is 6.77. The fraction of sp³-hybridized carbons (Fsp3) is 0.0588. The van der Waals surface area contributed by atoms with Gasteiger partial charge in [-0.1, -0.05) is 35.5 Å². The lowest BCUT2D eigenvalue weighted by Crippen LogP contribution is -2.13. The van der Waals surface area contributed by atoms with E-state index in [0.717, 1.165) is 5.56 Å². The minimum Gasteiger partial charge on any atom is -0.508 e. The number of aromatic hydroxyl groups is 1. The molecule has 0 aliphatic carbocycles. The molecular formula is C17H14N2O3. The first kappa shape index (κ1) is 13.9. The first-order valence-corrected chi connectivity index (χ1v) is 6.77. The van der Waals surface area contributed by atoms with Gasteiger partial charge < -0.3 is 14.9 Å². The van der Waals surface area contributed by atoms with E-state index < -0.39 is 0 Å². The van der Waals surface area contributed by atoms with Crippen LogP contribution < -0.4 is 5.32 Å². The molecule has 22 heavy (non-hydrogen) atoms. The molecular weight excluding hydrogens is 280 g/mol. The topological polar surface area (TPSA) is 75.4 Å². The van der Waals surface area contributed by atoms with Crippen molar-refractivity contribution in [1.29, 1.82) is 0 Å². The van der Waals surface area contributed by atoms with E-state index in [0.29, 0.717) is 22.7 Å². The van der Waals surface area contributed by atoms with Gasteiger partial charge in [-0.15, -0.1) is 0 Å². The van der Waals surface area contributed by atoms with Gasteiger partial charge in [0.2, 0.25) is 0 Å². The molecule has 0 bridgehead atoms. The third-order valence-corrected chi connectivity index (χ3v) is 3.26. The molecule has 0 aliphatic heterocycles. The van der Waals surface area contributed by atoms with Crippen molar-refractivity contribution in [2.45, 2.75) is 6.92 Å². The minimum atomic E-state index is -0.303. The number of aryl methyl sites for hydroxylation is 1. The molecule has 0 atom stereocenters. The highest BCUT2D eigenvalue weighted by Gasteiger charge is 2.21. The van der Waals surface area contributed by atoms with Crippen LogP contribution in [0.15, 0.2) is 59.1 Å². The summed E-state index contributed by atoms with van der Waals surface area (Å²) in [5, 5.41) is 16.0. The molecule has 110 valence electrons. The Morgan fingerprint density at radius 2 is 1.77 bits per heavy atom. The van der Waals surface area contributed by atoms with Crippen LogP contribution in [-0.4, -0.2) is 16.2 Å². The van der Waals surface area contributed by atoms with Crippen molar-refractivity contribution in [1.82, 2.24) is 5.16 Å². The van der Waals surface area contributed by atoms with Crippen molar-refractivity contribution in [3.63, 3.8) is 0 Å². The quantitative estimate of drug-likeness (QED) is 0.724. The van der Waals surface area contributed by atoms with Crippen molar-refractivity contribution in [3.05, 3.63) is 65.9 Å². The smallest absolute Gasteiger partial charge is 0.261 e. The molecule has 3 aromatic rings. The van der Waals surface area contributed by atoms with Crippen LogP contribution in [0.4, 0.5) is 5.69 Å². The number of rotatable bonds is 3. The maximum absolute atomic E-state index is 12.5. The maximum Gasteiger partial charge on any atom is 0.261 e. The van der Waals surface area contributed by atoms with Gasteiger partial charge in [-0.05, 0) is 31.2 Å². The average molecular weight is 294 g/mol. The molecule has 5 heteroatoms. The van der Waals surface area contributed by atoms with Crippen LogP contribution in [-0.2, 0) is 0 Å². The molecule has 1 heterocycles. The number of anilines is 1. The number of carbonyl (C=O) groups excluding carboxylic acids is 1. The molecule has 1 amide bonds. The number of benzene rings is 2. The molecule has 0 spiro atoms. The third kappa shape index (κ3) is 2.69. The predicted molar refractivity (Wildman–Crippen MR) is 82.7 cm³/mol. The van der Waals surface area contributed by atoms with Gasteiger partial charge >= 0.3 is 0 Å². The Kier molecular flexibility index (Phi) is 3.62. The predicted octanol–water partition coefficient (Wildman–Crippen LogP) is 3.61. The molecule has 0 aliphatic rings. The zero-order chi connectivity index (χ0) is 15.5. The summed E-state index contributed by atoms with van der Waals surface area (Å²) >= 11 is 0. The zero-order valence-electron chi connectivity index (χ0n) is 11.9. The van der Waals surface area contributed by atoms with Crippen molar-refractivity contribution in [2.24, 2.45) is 0 Å². The number of hydrogen-bond acceptors (Lipinski definition) is 4. The lowest BCUT2D eigenvalue weighted by Gasteiger charge is -2.06. The molecule has 0 saturated carbocycles. The second-order valence-electron chi connectivity index (χ2n) is 4.83. The van der Waals surface area contributed by atoms with Crippen molar-refractivity contribution >= 4 is 11.6 Å².